The lowest BCUT2D eigenvalue weighted by Gasteiger charge is -2.09. The summed E-state index contributed by atoms with van der Waals surface area (Å²) < 4.78 is 1.24. The predicted molar refractivity (Wildman–Crippen MR) is 90.3 cm³/mol. The van der Waals surface area contributed by atoms with Crippen LogP contribution in [0.1, 0.15) is 5.69 Å². The summed E-state index contributed by atoms with van der Waals surface area (Å²) in [4.78, 5) is 18.8. The number of rotatable bonds is 4. The molecule has 0 radical (unpaired) electrons. The highest BCUT2D eigenvalue weighted by molar-refractivity contribution is 6.35. The van der Waals surface area contributed by atoms with E-state index in [-0.39, 0.29) is 11.6 Å². The molecule has 0 bridgehead atoms. The largest absolute Gasteiger partial charge is 0.340 e. The van der Waals surface area contributed by atoms with Crippen molar-refractivity contribution in [2.75, 3.05) is 5.32 Å². The molecule has 0 aliphatic carbocycles. The van der Waals surface area contributed by atoms with Crippen LogP contribution >= 0.6 is 23.2 Å². The zero-order valence-electron chi connectivity index (χ0n) is 12.3. The van der Waals surface area contributed by atoms with Crippen LogP contribution in [0.25, 0.3) is 5.95 Å². The second kappa shape index (κ2) is 6.42. The van der Waals surface area contributed by atoms with Crippen LogP contribution in [-0.2, 0) is 0 Å². The number of halogens is 2. The van der Waals surface area contributed by atoms with E-state index in [9.17, 15) is 10.1 Å². The Labute approximate surface area is 146 Å². The average molecular weight is 365 g/mol. The first-order valence-electron chi connectivity index (χ1n) is 6.69. The molecule has 0 spiro atoms. The van der Waals surface area contributed by atoms with Crippen LogP contribution in [0.2, 0.25) is 10.0 Å². The van der Waals surface area contributed by atoms with E-state index in [1.54, 1.807) is 31.2 Å². The molecule has 3 aromatic rings. The van der Waals surface area contributed by atoms with Crippen LogP contribution in [0.4, 0.5) is 17.2 Å². The maximum Gasteiger partial charge on any atom is 0.307 e. The van der Waals surface area contributed by atoms with Crippen molar-refractivity contribution in [3.8, 4) is 5.95 Å². The molecule has 24 heavy (non-hydrogen) atoms. The van der Waals surface area contributed by atoms with Crippen molar-refractivity contribution < 1.29 is 4.92 Å². The Morgan fingerprint density at radius 2 is 1.88 bits per heavy atom. The molecule has 10 heteroatoms. The van der Waals surface area contributed by atoms with E-state index in [2.05, 4.69) is 20.4 Å². The molecule has 3 rings (SSSR count). The fourth-order valence-electron chi connectivity index (χ4n) is 2.01. The number of anilines is 2. The van der Waals surface area contributed by atoms with Crippen molar-refractivity contribution in [1.82, 2.24) is 19.7 Å². The zero-order valence-corrected chi connectivity index (χ0v) is 13.8. The lowest BCUT2D eigenvalue weighted by Crippen LogP contribution is -2.05. The smallest absolute Gasteiger partial charge is 0.307 e. The first-order chi connectivity index (χ1) is 11.4. The molecule has 0 saturated carbocycles. The highest BCUT2D eigenvalue weighted by Gasteiger charge is 2.13. The van der Waals surface area contributed by atoms with E-state index in [1.165, 1.54) is 10.9 Å². The van der Waals surface area contributed by atoms with Gasteiger partial charge in [0.1, 0.15) is 18.2 Å². The third-order valence-electron chi connectivity index (χ3n) is 2.96. The van der Waals surface area contributed by atoms with E-state index >= 15 is 0 Å². The number of aromatic nitrogens is 4. The maximum absolute atomic E-state index is 10.8. The Kier molecular flexibility index (Phi) is 4.32. The van der Waals surface area contributed by atoms with Gasteiger partial charge in [-0.05, 0) is 25.1 Å². The summed E-state index contributed by atoms with van der Waals surface area (Å²) in [5.74, 6) is 0.688. The van der Waals surface area contributed by atoms with E-state index < -0.39 is 4.92 Å². The van der Waals surface area contributed by atoms with Gasteiger partial charge in [-0.25, -0.2) is 4.98 Å². The summed E-state index contributed by atoms with van der Waals surface area (Å²) in [6, 6.07) is 6.73. The summed E-state index contributed by atoms with van der Waals surface area (Å²) >= 11 is 11.9. The molecule has 2 aromatic heterocycles. The highest BCUT2D eigenvalue weighted by atomic mass is 35.5. The number of hydrogen-bond donors (Lipinski definition) is 1. The molecule has 0 unspecified atom stereocenters. The molecule has 0 atom stereocenters. The molecule has 0 amide bonds. The first kappa shape index (κ1) is 16.2. The molecule has 0 aliphatic heterocycles. The fourth-order valence-corrected chi connectivity index (χ4v) is 2.54. The SMILES string of the molecule is Cc1cc(Nc2cc(Cl)cc(Cl)c2)nc(-n2cc([N+](=O)[O-])cn2)n1. The van der Waals surface area contributed by atoms with Gasteiger partial charge < -0.3 is 5.32 Å². The van der Waals surface area contributed by atoms with Crippen LogP contribution in [0.5, 0.6) is 0 Å². The number of nitrogens with one attached hydrogen (secondary N) is 1. The molecule has 1 aromatic carbocycles. The maximum atomic E-state index is 10.8. The summed E-state index contributed by atoms with van der Waals surface area (Å²) in [6.45, 7) is 1.78. The van der Waals surface area contributed by atoms with Crippen LogP contribution in [0, 0.1) is 17.0 Å². The first-order valence-corrected chi connectivity index (χ1v) is 7.44. The summed E-state index contributed by atoms with van der Waals surface area (Å²) in [7, 11) is 0. The predicted octanol–water partition coefficient (Wildman–Crippen LogP) is 3.93. The minimum absolute atomic E-state index is 0.142. The lowest BCUT2D eigenvalue weighted by atomic mass is 10.3. The van der Waals surface area contributed by atoms with Gasteiger partial charge in [0, 0.05) is 27.5 Å². The Hall–Kier alpha value is -2.71. The van der Waals surface area contributed by atoms with Gasteiger partial charge in [0.15, 0.2) is 0 Å². The molecular formula is C14H10Cl2N6O2. The van der Waals surface area contributed by atoms with Gasteiger partial charge in [-0.2, -0.15) is 14.8 Å². The van der Waals surface area contributed by atoms with Crippen molar-refractivity contribution in [1.29, 1.82) is 0 Å². The van der Waals surface area contributed by atoms with Crippen LogP contribution < -0.4 is 5.32 Å². The van der Waals surface area contributed by atoms with E-state index in [0.717, 1.165) is 6.20 Å². The fraction of sp³-hybridized carbons (Fsp3) is 0.0714. The van der Waals surface area contributed by atoms with Crippen LogP contribution in [-0.4, -0.2) is 24.7 Å². The Morgan fingerprint density at radius 3 is 2.50 bits per heavy atom. The Bertz CT molecular complexity index is 907. The number of benzene rings is 1. The second-order valence-corrected chi connectivity index (χ2v) is 5.75. The van der Waals surface area contributed by atoms with Gasteiger partial charge in [-0.1, -0.05) is 23.2 Å². The minimum atomic E-state index is -0.535. The molecular weight excluding hydrogens is 355 g/mol. The highest BCUT2D eigenvalue weighted by Crippen LogP contribution is 2.25. The number of nitro groups is 1. The van der Waals surface area contributed by atoms with Gasteiger partial charge in [-0.15, -0.1) is 0 Å². The van der Waals surface area contributed by atoms with E-state index in [0.29, 0.717) is 27.2 Å². The molecule has 2 heterocycles. The Balaban J connectivity index is 1.94. The van der Waals surface area contributed by atoms with Gasteiger partial charge in [0.2, 0.25) is 0 Å². The van der Waals surface area contributed by atoms with Crippen molar-refractivity contribution in [2.24, 2.45) is 0 Å². The average Bonchev–Trinajstić information content (AvgIpc) is 2.95. The third-order valence-corrected chi connectivity index (χ3v) is 3.40. The molecule has 0 aliphatic rings. The third kappa shape index (κ3) is 3.61. The molecule has 122 valence electrons. The molecule has 8 nitrogen and oxygen atoms in total. The number of aryl methyl sites for hydroxylation is 1. The van der Waals surface area contributed by atoms with Gasteiger partial charge in [0.25, 0.3) is 5.95 Å². The van der Waals surface area contributed by atoms with Crippen LogP contribution in [0.3, 0.4) is 0 Å². The standard InChI is InChI=1S/C14H10Cl2N6O2/c1-8-2-13(19-11-4-9(15)3-10(16)5-11)20-14(18-8)21-7-12(6-17-21)22(23)24/h2-7H,1H3,(H,18,19,20). The second-order valence-electron chi connectivity index (χ2n) is 4.88. The topological polar surface area (TPSA) is 98.8 Å². The summed E-state index contributed by atoms with van der Waals surface area (Å²) in [5, 5.41) is 18.7. The van der Waals surface area contributed by atoms with Gasteiger partial charge >= 0.3 is 5.69 Å². The van der Waals surface area contributed by atoms with Gasteiger partial charge in [0.05, 0.1) is 4.92 Å². The minimum Gasteiger partial charge on any atom is -0.340 e. The number of nitrogens with zero attached hydrogens (tertiary/aromatic N) is 5. The molecule has 0 fully saturated rings. The Morgan fingerprint density at radius 1 is 1.17 bits per heavy atom. The normalized spacial score (nSPS) is 10.6. The zero-order chi connectivity index (χ0) is 17.3. The van der Waals surface area contributed by atoms with Crippen molar-refractivity contribution in [2.45, 2.75) is 6.92 Å². The quantitative estimate of drug-likeness (QED) is 0.556. The van der Waals surface area contributed by atoms with Crippen molar-refractivity contribution >= 4 is 40.4 Å². The molecule has 1 N–H and O–H groups in total. The summed E-state index contributed by atoms with van der Waals surface area (Å²) in [6.07, 6.45) is 2.38. The van der Waals surface area contributed by atoms with Crippen molar-refractivity contribution in [3.05, 3.63) is 62.5 Å². The monoisotopic (exact) mass is 364 g/mol. The lowest BCUT2D eigenvalue weighted by molar-refractivity contribution is -0.384. The van der Waals surface area contributed by atoms with Gasteiger partial charge in [-0.3, -0.25) is 10.1 Å². The van der Waals surface area contributed by atoms with E-state index in [1.807, 2.05) is 0 Å². The molecule has 0 saturated heterocycles. The summed E-state index contributed by atoms with van der Waals surface area (Å²) in [5.41, 5.74) is 1.17. The van der Waals surface area contributed by atoms with E-state index in [4.69, 9.17) is 23.2 Å². The van der Waals surface area contributed by atoms with Crippen molar-refractivity contribution in [3.63, 3.8) is 0 Å². The number of hydrogen-bond acceptors (Lipinski definition) is 6. The van der Waals surface area contributed by atoms with Crippen LogP contribution in [0.15, 0.2) is 36.7 Å².